The second kappa shape index (κ2) is 6.80. The van der Waals surface area contributed by atoms with Crippen LogP contribution >= 0.6 is 0 Å². The zero-order valence-corrected chi connectivity index (χ0v) is 15.7. The lowest BCUT2D eigenvalue weighted by molar-refractivity contribution is -0.115. The van der Waals surface area contributed by atoms with Gasteiger partial charge in [0, 0.05) is 36.4 Å². The van der Waals surface area contributed by atoms with Crippen LogP contribution in [0.1, 0.15) is 30.3 Å². The highest BCUT2D eigenvalue weighted by molar-refractivity contribution is 5.97. The second-order valence-corrected chi connectivity index (χ2v) is 7.36. The Kier molecular flexibility index (Phi) is 4.13. The van der Waals surface area contributed by atoms with Crippen LogP contribution in [0, 0.1) is 0 Å². The number of hydrogen-bond acceptors (Lipinski definition) is 3. The minimum absolute atomic E-state index is 0.0328. The molecule has 28 heavy (non-hydrogen) atoms. The normalized spacial score (nSPS) is 16.8. The molecule has 3 heterocycles. The number of para-hydroxylation sites is 1. The van der Waals surface area contributed by atoms with Gasteiger partial charge in [-0.3, -0.25) is 4.79 Å². The quantitative estimate of drug-likeness (QED) is 0.565. The van der Waals surface area contributed by atoms with Gasteiger partial charge in [-0.25, -0.2) is 4.98 Å². The van der Waals surface area contributed by atoms with E-state index in [1.54, 1.807) is 0 Å². The Morgan fingerprint density at radius 1 is 1.32 bits per heavy atom. The highest BCUT2D eigenvalue weighted by Gasteiger charge is 2.21. The van der Waals surface area contributed by atoms with Gasteiger partial charge in [-0.05, 0) is 42.7 Å². The molecule has 142 valence electrons. The van der Waals surface area contributed by atoms with Crippen LogP contribution in [0.2, 0.25) is 0 Å². The molecule has 6 nitrogen and oxygen atoms in total. The number of aromatic nitrogens is 3. The highest BCUT2D eigenvalue weighted by Crippen LogP contribution is 2.29. The number of amides is 1. The van der Waals surface area contributed by atoms with Gasteiger partial charge in [0.25, 0.3) is 0 Å². The topological polar surface area (TPSA) is 71.9 Å². The molecule has 2 aromatic carbocycles. The first-order valence-corrected chi connectivity index (χ1v) is 9.61. The average molecular weight is 374 g/mol. The number of nitrogens with one attached hydrogen (secondary N) is 2. The van der Waals surface area contributed by atoms with Crippen molar-refractivity contribution in [2.45, 2.75) is 25.4 Å². The third-order valence-corrected chi connectivity index (χ3v) is 5.35. The van der Waals surface area contributed by atoms with Crippen molar-refractivity contribution in [2.75, 3.05) is 11.9 Å². The molecule has 1 atom stereocenters. The first-order valence-electron chi connectivity index (χ1n) is 9.61. The number of H-pyrrole nitrogens is 1. The minimum Gasteiger partial charge on any atom is -0.370 e. The SMILES string of the molecule is Cn1cc(CC(=O)Nc2ccc3nc(C4CCCO4)[nH]c3c2)c2ccccc21. The molecule has 1 aliphatic heterocycles. The van der Waals surface area contributed by atoms with E-state index >= 15 is 0 Å². The molecule has 1 fully saturated rings. The van der Waals surface area contributed by atoms with E-state index in [-0.39, 0.29) is 12.0 Å². The molecule has 0 bridgehead atoms. The number of fused-ring (bicyclic) bond motifs is 2. The number of ether oxygens (including phenoxy) is 1. The number of imidazole rings is 1. The molecule has 4 aromatic rings. The van der Waals surface area contributed by atoms with E-state index in [2.05, 4.69) is 32.0 Å². The minimum atomic E-state index is -0.0328. The Bertz CT molecular complexity index is 1170. The Balaban J connectivity index is 1.34. The van der Waals surface area contributed by atoms with Gasteiger partial charge in [0.2, 0.25) is 5.91 Å². The van der Waals surface area contributed by atoms with E-state index in [0.29, 0.717) is 6.42 Å². The second-order valence-electron chi connectivity index (χ2n) is 7.36. The summed E-state index contributed by atoms with van der Waals surface area (Å²) < 4.78 is 7.76. The van der Waals surface area contributed by atoms with Crippen molar-refractivity contribution in [3.8, 4) is 0 Å². The van der Waals surface area contributed by atoms with Gasteiger partial charge in [0.15, 0.2) is 0 Å². The maximum Gasteiger partial charge on any atom is 0.228 e. The molecule has 6 heteroatoms. The zero-order chi connectivity index (χ0) is 19.1. The summed E-state index contributed by atoms with van der Waals surface area (Å²) in [6.07, 6.45) is 4.47. The molecule has 0 radical (unpaired) electrons. The Labute approximate surface area is 162 Å². The molecule has 2 aromatic heterocycles. The predicted molar refractivity (Wildman–Crippen MR) is 109 cm³/mol. The van der Waals surface area contributed by atoms with Crippen molar-refractivity contribution in [1.82, 2.24) is 14.5 Å². The number of rotatable bonds is 4. The van der Waals surface area contributed by atoms with Gasteiger partial charge in [-0.15, -0.1) is 0 Å². The van der Waals surface area contributed by atoms with Crippen LogP contribution in [-0.4, -0.2) is 27.0 Å². The molecule has 0 spiro atoms. The maximum atomic E-state index is 12.6. The summed E-state index contributed by atoms with van der Waals surface area (Å²) in [6, 6.07) is 13.9. The van der Waals surface area contributed by atoms with E-state index in [4.69, 9.17) is 4.74 Å². The summed E-state index contributed by atoms with van der Waals surface area (Å²) >= 11 is 0. The number of aryl methyl sites for hydroxylation is 1. The largest absolute Gasteiger partial charge is 0.370 e. The number of hydrogen-bond donors (Lipinski definition) is 2. The fraction of sp³-hybridized carbons (Fsp3) is 0.273. The summed E-state index contributed by atoms with van der Waals surface area (Å²) in [6.45, 7) is 0.789. The first kappa shape index (κ1) is 17.0. The molecule has 2 N–H and O–H groups in total. The molecule has 1 saturated heterocycles. The van der Waals surface area contributed by atoms with Gasteiger partial charge >= 0.3 is 0 Å². The average Bonchev–Trinajstić information content (AvgIpc) is 3.41. The number of carbonyl (C=O) groups excluding carboxylic acids is 1. The summed E-state index contributed by atoms with van der Waals surface area (Å²) in [5, 5.41) is 4.12. The van der Waals surface area contributed by atoms with Crippen LogP contribution in [0.3, 0.4) is 0 Å². The molecule has 1 aliphatic rings. The molecule has 1 unspecified atom stereocenters. The van der Waals surface area contributed by atoms with Crippen LogP contribution < -0.4 is 5.32 Å². The van der Waals surface area contributed by atoms with E-state index < -0.39 is 0 Å². The van der Waals surface area contributed by atoms with Crippen molar-refractivity contribution < 1.29 is 9.53 Å². The maximum absolute atomic E-state index is 12.6. The zero-order valence-electron chi connectivity index (χ0n) is 15.7. The number of anilines is 1. The summed E-state index contributed by atoms with van der Waals surface area (Å²) in [5.74, 6) is 0.835. The number of aromatic amines is 1. The fourth-order valence-corrected chi connectivity index (χ4v) is 4.00. The van der Waals surface area contributed by atoms with Gasteiger partial charge < -0.3 is 19.6 Å². The third-order valence-electron chi connectivity index (χ3n) is 5.35. The molecular formula is C22H22N4O2. The number of benzene rings is 2. The van der Waals surface area contributed by atoms with Crippen molar-refractivity contribution in [3.63, 3.8) is 0 Å². The third kappa shape index (κ3) is 3.05. The van der Waals surface area contributed by atoms with Crippen LogP contribution in [0.15, 0.2) is 48.7 Å². The standard InChI is InChI=1S/C22H22N4O2/c1-26-13-14(16-5-2-3-6-19(16)26)11-21(27)23-15-8-9-17-18(12-15)25-22(24-17)20-7-4-10-28-20/h2-3,5-6,8-9,12-13,20H,4,7,10-11H2,1H3,(H,23,27)(H,24,25). The van der Waals surface area contributed by atoms with Gasteiger partial charge in [0.1, 0.15) is 11.9 Å². The lowest BCUT2D eigenvalue weighted by atomic mass is 10.1. The van der Waals surface area contributed by atoms with Crippen molar-refractivity contribution in [2.24, 2.45) is 7.05 Å². The monoisotopic (exact) mass is 374 g/mol. The van der Waals surface area contributed by atoms with Crippen LogP contribution in [0.4, 0.5) is 5.69 Å². The van der Waals surface area contributed by atoms with E-state index in [1.165, 1.54) is 0 Å². The molecule has 5 rings (SSSR count). The molecule has 1 amide bonds. The molecular weight excluding hydrogens is 352 g/mol. The Morgan fingerprint density at radius 2 is 2.21 bits per heavy atom. The first-order chi connectivity index (χ1) is 13.7. The summed E-state index contributed by atoms with van der Waals surface area (Å²) in [5.41, 5.74) is 4.72. The summed E-state index contributed by atoms with van der Waals surface area (Å²) in [4.78, 5) is 20.6. The van der Waals surface area contributed by atoms with E-state index in [9.17, 15) is 4.79 Å². The van der Waals surface area contributed by atoms with Crippen molar-refractivity contribution in [1.29, 1.82) is 0 Å². The number of carbonyl (C=O) groups is 1. The number of nitrogens with zero attached hydrogens (tertiary/aromatic N) is 2. The van der Waals surface area contributed by atoms with Crippen LogP contribution in [0.25, 0.3) is 21.9 Å². The lowest BCUT2D eigenvalue weighted by Gasteiger charge is -2.05. The Morgan fingerprint density at radius 3 is 3.07 bits per heavy atom. The van der Waals surface area contributed by atoms with Crippen molar-refractivity contribution >= 4 is 33.5 Å². The van der Waals surface area contributed by atoms with Gasteiger partial charge in [-0.1, -0.05) is 18.2 Å². The lowest BCUT2D eigenvalue weighted by Crippen LogP contribution is -2.14. The predicted octanol–water partition coefficient (Wildman–Crippen LogP) is 4.09. The molecule has 0 saturated carbocycles. The van der Waals surface area contributed by atoms with Crippen LogP contribution in [-0.2, 0) is 23.0 Å². The van der Waals surface area contributed by atoms with Gasteiger partial charge in [0.05, 0.1) is 17.5 Å². The summed E-state index contributed by atoms with van der Waals surface area (Å²) in [7, 11) is 2.00. The smallest absolute Gasteiger partial charge is 0.228 e. The highest BCUT2D eigenvalue weighted by atomic mass is 16.5. The fourth-order valence-electron chi connectivity index (χ4n) is 4.00. The van der Waals surface area contributed by atoms with Gasteiger partial charge in [-0.2, -0.15) is 0 Å². The Hall–Kier alpha value is -3.12. The van der Waals surface area contributed by atoms with Crippen molar-refractivity contribution in [3.05, 3.63) is 60.0 Å². The van der Waals surface area contributed by atoms with E-state index in [0.717, 1.165) is 58.5 Å². The molecule has 0 aliphatic carbocycles. The van der Waals surface area contributed by atoms with E-state index in [1.807, 2.05) is 43.6 Å². The van der Waals surface area contributed by atoms with Crippen LogP contribution in [0.5, 0.6) is 0 Å².